The molecule has 0 amide bonds. The highest BCUT2D eigenvalue weighted by Gasteiger charge is 1.98. The van der Waals surface area contributed by atoms with E-state index >= 15 is 0 Å². The van der Waals surface area contributed by atoms with Crippen LogP contribution in [0.2, 0.25) is 0 Å². The Balaban J connectivity index is 2.93. The van der Waals surface area contributed by atoms with Crippen molar-refractivity contribution in [2.75, 3.05) is 0 Å². The van der Waals surface area contributed by atoms with E-state index in [1.165, 1.54) is 0 Å². The SMILES string of the molecule is C=CC(=C)C(=C)c1ccncc1. The predicted octanol–water partition coefficient (Wildman–Crippen LogP) is 2.84. The maximum Gasteiger partial charge on any atom is 0.0273 e. The third-order valence-corrected chi connectivity index (χ3v) is 1.66. The zero-order chi connectivity index (χ0) is 8.97. The summed E-state index contributed by atoms with van der Waals surface area (Å²) < 4.78 is 0. The summed E-state index contributed by atoms with van der Waals surface area (Å²) in [5.74, 6) is 0. The Bertz CT molecular complexity index is 309. The molecular formula is C11H11N. The van der Waals surface area contributed by atoms with Crippen molar-refractivity contribution in [1.29, 1.82) is 0 Å². The molecule has 1 heteroatoms. The van der Waals surface area contributed by atoms with E-state index in [0.29, 0.717) is 0 Å². The van der Waals surface area contributed by atoms with E-state index in [-0.39, 0.29) is 0 Å². The van der Waals surface area contributed by atoms with Crippen molar-refractivity contribution in [3.05, 3.63) is 61.5 Å². The standard InChI is InChI=1S/C11H11N/c1-4-9(2)10(3)11-5-7-12-8-6-11/h4-8H,1-3H2. The van der Waals surface area contributed by atoms with Crippen molar-refractivity contribution in [1.82, 2.24) is 4.98 Å². The van der Waals surface area contributed by atoms with Crippen LogP contribution in [-0.2, 0) is 0 Å². The van der Waals surface area contributed by atoms with Crippen LogP contribution >= 0.6 is 0 Å². The Kier molecular flexibility index (Phi) is 2.59. The predicted molar refractivity (Wildman–Crippen MR) is 52.6 cm³/mol. The van der Waals surface area contributed by atoms with Crippen LogP contribution in [-0.4, -0.2) is 4.98 Å². The molecule has 12 heavy (non-hydrogen) atoms. The fourth-order valence-corrected chi connectivity index (χ4v) is 0.862. The second-order valence-electron chi connectivity index (χ2n) is 2.44. The maximum atomic E-state index is 3.92. The molecule has 60 valence electrons. The van der Waals surface area contributed by atoms with E-state index in [2.05, 4.69) is 24.7 Å². The second kappa shape index (κ2) is 3.67. The van der Waals surface area contributed by atoms with Gasteiger partial charge in [0.1, 0.15) is 0 Å². The van der Waals surface area contributed by atoms with Gasteiger partial charge >= 0.3 is 0 Å². The Hall–Kier alpha value is -1.63. The summed E-state index contributed by atoms with van der Waals surface area (Å²) in [5.41, 5.74) is 2.78. The molecule has 0 aliphatic rings. The van der Waals surface area contributed by atoms with Crippen molar-refractivity contribution in [2.24, 2.45) is 0 Å². The topological polar surface area (TPSA) is 12.9 Å². The molecule has 0 bridgehead atoms. The lowest BCUT2D eigenvalue weighted by atomic mass is 10.0. The minimum atomic E-state index is 0.848. The van der Waals surface area contributed by atoms with Crippen molar-refractivity contribution >= 4 is 5.57 Å². The van der Waals surface area contributed by atoms with Gasteiger partial charge in [0.05, 0.1) is 0 Å². The summed E-state index contributed by atoms with van der Waals surface area (Å²) in [4.78, 5) is 3.92. The molecule has 0 fully saturated rings. The highest BCUT2D eigenvalue weighted by atomic mass is 14.6. The molecule has 0 aliphatic carbocycles. The van der Waals surface area contributed by atoms with E-state index < -0.39 is 0 Å². The van der Waals surface area contributed by atoms with Crippen molar-refractivity contribution in [3.8, 4) is 0 Å². The molecule has 0 atom stereocenters. The number of nitrogens with zero attached hydrogens (tertiary/aromatic N) is 1. The summed E-state index contributed by atoms with van der Waals surface area (Å²) in [5, 5.41) is 0. The first kappa shape index (κ1) is 8.47. The highest BCUT2D eigenvalue weighted by molar-refractivity contribution is 5.78. The highest BCUT2D eigenvalue weighted by Crippen LogP contribution is 2.18. The number of pyridine rings is 1. The van der Waals surface area contributed by atoms with E-state index in [1.54, 1.807) is 18.5 Å². The third kappa shape index (κ3) is 1.70. The molecular weight excluding hydrogens is 146 g/mol. The maximum absolute atomic E-state index is 3.92. The van der Waals surface area contributed by atoms with Crippen LogP contribution in [0.5, 0.6) is 0 Å². The van der Waals surface area contributed by atoms with Gasteiger partial charge in [-0.05, 0) is 28.8 Å². The zero-order valence-corrected chi connectivity index (χ0v) is 6.96. The zero-order valence-electron chi connectivity index (χ0n) is 6.96. The van der Waals surface area contributed by atoms with E-state index in [9.17, 15) is 0 Å². The van der Waals surface area contributed by atoms with Crippen LogP contribution in [0.4, 0.5) is 0 Å². The van der Waals surface area contributed by atoms with Gasteiger partial charge in [-0.25, -0.2) is 0 Å². The van der Waals surface area contributed by atoms with Crippen LogP contribution < -0.4 is 0 Å². The van der Waals surface area contributed by atoms with Gasteiger partial charge in [0.25, 0.3) is 0 Å². The van der Waals surface area contributed by atoms with Crippen molar-refractivity contribution < 1.29 is 0 Å². The summed E-state index contributed by atoms with van der Waals surface area (Å²) >= 11 is 0. The normalized spacial score (nSPS) is 9.00. The Labute approximate surface area is 72.8 Å². The summed E-state index contributed by atoms with van der Waals surface area (Å²) in [6.45, 7) is 11.3. The molecule has 0 aromatic carbocycles. The lowest BCUT2D eigenvalue weighted by Crippen LogP contribution is -1.83. The molecule has 0 saturated heterocycles. The number of rotatable bonds is 3. The van der Waals surface area contributed by atoms with E-state index in [4.69, 9.17) is 0 Å². The first-order valence-electron chi connectivity index (χ1n) is 3.66. The second-order valence-corrected chi connectivity index (χ2v) is 2.44. The average Bonchev–Trinajstić information content (AvgIpc) is 2.17. The number of allylic oxidation sites excluding steroid dienone is 3. The smallest absolute Gasteiger partial charge is 0.0273 e. The van der Waals surface area contributed by atoms with E-state index in [1.807, 2.05) is 12.1 Å². The van der Waals surface area contributed by atoms with Gasteiger partial charge in [-0.2, -0.15) is 0 Å². The molecule has 0 saturated carbocycles. The number of hydrogen-bond acceptors (Lipinski definition) is 1. The minimum absolute atomic E-state index is 0.848. The fourth-order valence-electron chi connectivity index (χ4n) is 0.862. The van der Waals surface area contributed by atoms with E-state index in [0.717, 1.165) is 16.7 Å². The van der Waals surface area contributed by atoms with Crippen LogP contribution in [0, 0.1) is 0 Å². The molecule has 1 heterocycles. The first-order chi connectivity index (χ1) is 5.75. The van der Waals surface area contributed by atoms with Gasteiger partial charge in [0.2, 0.25) is 0 Å². The molecule has 0 spiro atoms. The molecule has 0 N–H and O–H groups in total. The number of hydrogen-bond donors (Lipinski definition) is 0. The third-order valence-electron chi connectivity index (χ3n) is 1.66. The Morgan fingerprint density at radius 1 is 1.25 bits per heavy atom. The average molecular weight is 157 g/mol. The lowest BCUT2D eigenvalue weighted by Gasteiger charge is -2.03. The summed E-state index contributed by atoms with van der Waals surface area (Å²) in [6, 6.07) is 3.80. The van der Waals surface area contributed by atoms with Gasteiger partial charge in [0, 0.05) is 12.4 Å². The van der Waals surface area contributed by atoms with Crippen LogP contribution in [0.3, 0.4) is 0 Å². The van der Waals surface area contributed by atoms with Gasteiger partial charge in [-0.3, -0.25) is 4.98 Å². The van der Waals surface area contributed by atoms with Gasteiger partial charge in [-0.1, -0.05) is 25.8 Å². The van der Waals surface area contributed by atoms with Crippen LogP contribution in [0.1, 0.15) is 5.56 Å². The fraction of sp³-hybridized carbons (Fsp3) is 0. The molecule has 1 nitrogen and oxygen atoms in total. The monoisotopic (exact) mass is 157 g/mol. The molecule has 1 aromatic heterocycles. The molecule has 1 aromatic rings. The first-order valence-corrected chi connectivity index (χ1v) is 3.66. The van der Waals surface area contributed by atoms with Gasteiger partial charge < -0.3 is 0 Å². The summed E-state index contributed by atoms with van der Waals surface area (Å²) in [6.07, 6.45) is 5.16. The van der Waals surface area contributed by atoms with Crippen LogP contribution in [0.15, 0.2) is 55.9 Å². The van der Waals surface area contributed by atoms with Crippen molar-refractivity contribution in [2.45, 2.75) is 0 Å². The largest absolute Gasteiger partial charge is 0.265 e. The van der Waals surface area contributed by atoms with Crippen LogP contribution in [0.25, 0.3) is 5.57 Å². The molecule has 0 radical (unpaired) electrons. The molecule has 1 rings (SSSR count). The quantitative estimate of drug-likeness (QED) is 0.615. The lowest BCUT2D eigenvalue weighted by molar-refractivity contribution is 1.32. The Morgan fingerprint density at radius 2 is 1.83 bits per heavy atom. The molecule has 0 aliphatic heterocycles. The minimum Gasteiger partial charge on any atom is -0.265 e. The molecule has 0 unspecified atom stereocenters. The summed E-state index contributed by atoms with van der Waals surface area (Å²) in [7, 11) is 0. The van der Waals surface area contributed by atoms with Gasteiger partial charge in [0.15, 0.2) is 0 Å². The number of aromatic nitrogens is 1. The van der Waals surface area contributed by atoms with Crippen molar-refractivity contribution in [3.63, 3.8) is 0 Å². The Morgan fingerprint density at radius 3 is 2.33 bits per heavy atom. The van der Waals surface area contributed by atoms with Gasteiger partial charge in [-0.15, -0.1) is 0 Å².